The molecule has 8 aliphatic rings. The highest BCUT2D eigenvalue weighted by molar-refractivity contribution is 5.22. The predicted octanol–water partition coefficient (Wildman–Crippen LogP) is -0.862. The molecule has 4 heterocycles. The van der Waals surface area contributed by atoms with Crippen LogP contribution in [0.15, 0.2) is 0 Å². The molecule has 8 rings (SSSR count). The van der Waals surface area contributed by atoms with E-state index in [2.05, 4.69) is 20.8 Å². The molecule has 0 unspecified atom stereocenters. The Hall–Kier alpha value is -0.600. The number of aliphatic hydroxyl groups is 9. The quantitative estimate of drug-likeness (QED) is 0.155. The third kappa shape index (κ3) is 5.62. The second-order valence-corrected chi connectivity index (χ2v) is 18.5. The van der Waals surface area contributed by atoms with Gasteiger partial charge in [-0.3, -0.25) is 0 Å². The van der Waals surface area contributed by atoms with Crippen molar-refractivity contribution in [3.05, 3.63) is 0 Å². The van der Waals surface area contributed by atoms with Crippen LogP contribution in [-0.2, 0) is 28.4 Å². The predicted molar refractivity (Wildman–Crippen MR) is 181 cm³/mol. The number of ether oxygens (including phenoxy) is 6. The van der Waals surface area contributed by atoms with E-state index in [0.717, 1.165) is 32.1 Å². The van der Waals surface area contributed by atoms with E-state index >= 15 is 0 Å². The molecule has 4 aliphatic carbocycles. The Morgan fingerprint density at radius 1 is 0.755 bits per heavy atom. The van der Waals surface area contributed by atoms with E-state index in [0.29, 0.717) is 24.9 Å². The molecule has 4 saturated carbocycles. The summed E-state index contributed by atoms with van der Waals surface area (Å²) in [5.41, 5.74) is -2.76. The molecule has 8 fully saturated rings. The van der Waals surface area contributed by atoms with Crippen molar-refractivity contribution >= 4 is 0 Å². The summed E-state index contributed by atoms with van der Waals surface area (Å²) in [6.07, 6.45) is -12.5. The minimum Gasteiger partial charge on any atom is -0.394 e. The van der Waals surface area contributed by atoms with Crippen molar-refractivity contribution in [2.45, 2.75) is 170 Å². The third-order valence-electron chi connectivity index (χ3n) is 16.2. The smallest absolute Gasteiger partial charge is 0.187 e. The maximum Gasteiger partial charge on any atom is 0.187 e. The zero-order chi connectivity index (χ0) is 38.0. The fourth-order valence-corrected chi connectivity index (χ4v) is 13.1. The Labute approximate surface area is 310 Å². The van der Waals surface area contributed by atoms with E-state index in [9.17, 15) is 46.0 Å². The second-order valence-electron chi connectivity index (χ2n) is 18.5. The molecule has 0 amide bonds. The number of fused-ring (bicyclic) bond motifs is 7. The van der Waals surface area contributed by atoms with Gasteiger partial charge in [0.15, 0.2) is 18.4 Å². The molecule has 1 spiro atoms. The first-order valence-corrected chi connectivity index (χ1v) is 20.0. The van der Waals surface area contributed by atoms with Gasteiger partial charge in [0.05, 0.1) is 38.1 Å². The maximum atomic E-state index is 12.5. The highest BCUT2D eigenvalue weighted by Crippen LogP contribution is 2.72. The summed E-state index contributed by atoms with van der Waals surface area (Å²) in [5.74, 6) is 0.778. The summed E-state index contributed by atoms with van der Waals surface area (Å²) >= 11 is 0. The van der Waals surface area contributed by atoms with Gasteiger partial charge in [-0.1, -0.05) is 27.7 Å². The molecular weight excluding hydrogens is 696 g/mol. The van der Waals surface area contributed by atoms with Crippen molar-refractivity contribution < 1.29 is 74.4 Å². The van der Waals surface area contributed by atoms with E-state index in [1.54, 1.807) is 0 Å². The highest BCUT2D eigenvalue weighted by atomic mass is 16.7. The fraction of sp³-hybridized carbons (Fsp3) is 1.00. The summed E-state index contributed by atoms with van der Waals surface area (Å²) in [5, 5.41) is 98.1. The molecule has 0 aromatic rings. The van der Waals surface area contributed by atoms with E-state index in [4.69, 9.17) is 28.4 Å². The SMILES string of the molecule is C[C@@H]1CC[C@]2(OC1)O[C@@H]1C[C@@H]3[C@H]4CC[C@]5(O[C@H]6OC[C@H](O)[C@@H](O)[C@@H]6O)[C@H](O)[C@@H](O[C@H]6O[C@@H](CO)[C@H](O)[C@@H](O)[C@@H]6O)C[C@@H](O)[C@]5(C)[C@@H]4CC[C@@]3(C)[C@@H]1[C@H]2C. The molecule has 9 N–H and O–H groups in total. The van der Waals surface area contributed by atoms with Crippen LogP contribution in [0.1, 0.15) is 79.1 Å². The van der Waals surface area contributed by atoms with Crippen LogP contribution in [0.3, 0.4) is 0 Å². The Morgan fingerprint density at radius 3 is 2.19 bits per heavy atom. The van der Waals surface area contributed by atoms with Crippen LogP contribution in [0.2, 0.25) is 0 Å². The highest BCUT2D eigenvalue weighted by Gasteiger charge is 2.75. The van der Waals surface area contributed by atoms with Crippen molar-refractivity contribution in [1.29, 1.82) is 0 Å². The minimum atomic E-state index is -1.73. The summed E-state index contributed by atoms with van der Waals surface area (Å²) in [6, 6.07) is 0. The second kappa shape index (κ2) is 13.8. The Balaban J connectivity index is 1.10. The molecule has 0 bridgehead atoms. The van der Waals surface area contributed by atoms with Gasteiger partial charge < -0.3 is 74.4 Å². The van der Waals surface area contributed by atoms with Gasteiger partial charge in [-0.25, -0.2) is 0 Å². The van der Waals surface area contributed by atoms with E-state index in [-0.39, 0.29) is 54.6 Å². The van der Waals surface area contributed by atoms with Crippen LogP contribution in [0, 0.1) is 46.3 Å². The van der Waals surface area contributed by atoms with Gasteiger partial charge in [0.1, 0.15) is 54.4 Å². The lowest BCUT2D eigenvalue weighted by atomic mass is 9.41. The topological polar surface area (TPSA) is 237 Å². The lowest BCUT2D eigenvalue weighted by Crippen LogP contribution is -2.76. The van der Waals surface area contributed by atoms with E-state index < -0.39 is 97.0 Å². The van der Waals surface area contributed by atoms with Crippen molar-refractivity contribution in [3.63, 3.8) is 0 Å². The van der Waals surface area contributed by atoms with Gasteiger partial charge in [-0.05, 0) is 73.5 Å². The van der Waals surface area contributed by atoms with Crippen LogP contribution in [0.25, 0.3) is 0 Å². The first kappa shape index (κ1) is 39.2. The number of aliphatic hydroxyl groups excluding tert-OH is 9. The molecule has 4 saturated heterocycles. The van der Waals surface area contributed by atoms with Crippen LogP contribution < -0.4 is 0 Å². The average Bonchev–Trinajstić information content (AvgIpc) is 3.58. The van der Waals surface area contributed by atoms with Gasteiger partial charge in [0.2, 0.25) is 0 Å². The fourth-order valence-electron chi connectivity index (χ4n) is 13.1. The molecule has 304 valence electrons. The molecule has 15 nitrogen and oxygen atoms in total. The first-order chi connectivity index (χ1) is 25.0. The van der Waals surface area contributed by atoms with E-state index in [1.165, 1.54) is 0 Å². The van der Waals surface area contributed by atoms with Crippen molar-refractivity contribution in [2.24, 2.45) is 46.3 Å². The van der Waals surface area contributed by atoms with Gasteiger partial charge >= 0.3 is 0 Å². The minimum absolute atomic E-state index is 0.0334. The standard InChI is InChI=1S/C38H62O15/c1-16-5-10-38(49-14-16)17(2)26-22(52-38)11-20-18-6-9-37(53-33-30(45)27(42)21(40)15-48-33)32(47)23(50-34-31(46)29(44)28(43)24(13-39)51-34)12-25(41)36(37,4)19(18)7-8-35(20,26)3/h16-34,39-47H,5-15H2,1-4H3/t16-,17-,18+,19-,20-,21+,22-,23+,24+,25-,26-,27-,28+,29-,30+,31+,32-,33-,34+,35-,36+,37+,38+/m1/s1. The van der Waals surface area contributed by atoms with Crippen molar-refractivity contribution in [2.75, 3.05) is 19.8 Å². The number of hydrogen-bond acceptors (Lipinski definition) is 15. The van der Waals surface area contributed by atoms with Crippen LogP contribution >= 0.6 is 0 Å². The molecule has 0 aromatic carbocycles. The Kier molecular flexibility index (Phi) is 10.2. The van der Waals surface area contributed by atoms with Gasteiger partial charge in [0, 0.05) is 24.2 Å². The maximum absolute atomic E-state index is 12.5. The van der Waals surface area contributed by atoms with E-state index in [1.807, 2.05) is 6.92 Å². The summed E-state index contributed by atoms with van der Waals surface area (Å²) in [4.78, 5) is 0. The molecule has 15 heteroatoms. The van der Waals surface area contributed by atoms with Gasteiger partial charge in [0.25, 0.3) is 0 Å². The van der Waals surface area contributed by atoms with Gasteiger partial charge in [-0.2, -0.15) is 0 Å². The van der Waals surface area contributed by atoms with Crippen LogP contribution in [-0.4, -0.2) is 157 Å². The first-order valence-electron chi connectivity index (χ1n) is 20.0. The Bertz CT molecular complexity index is 1330. The summed E-state index contributed by atoms with van der Waals surface area (Å²) < 4.78 is 37.7. The zero-order valence-electron chi connectivity index (χ0n) is 31.2. The molecular formula is C38H62O15. The van der Waals surface area contributed by atoms with Gasteiger partial charge in [-0.15, -0.1) is 0 Å². The monoisotopic (exact) mass is 758 g/mol. The largest absolute Gasteiger partial charge is 0.394 e. The lowest BCUT2D eigenvalue weighted by Gasteiger charge is -2.68. The molecule has 0 radical (unpaired) electrons. The molecule has 4 aliphatic heterocycles. The number of hydrogen-bond donors (Lipinski definition) is 9. The summed E-state index contributed by atoms with van der Waals surface area (Å²) in [7, 11) is 0. The average molecular weight is 759 g/mol. The normalized spacial score (nSPS) is 61.0. The molecule has 23 atom stereocenters. The lowest BCUT2D eigenvalue weighted by molar-refractivity contribution is -0.392. The van der Waals surface area contributed by atoms with Crippen molar-refractivity contribution in [3.8, 4) is 0 Å². The van der Waals surface area contributed by atoms with Crippen LogP contribution in [0.4, 0.5) is 0 Å². The number of rotatable bonds is 5. The zero-order valence-corrected chi connectivity index (χ0v) is 31.2. The van der Waals surface area contributed by atoms with Crippen LogP contribution in [0.5, 0.6) is 0 Å². The molecule has 0 aromatic heterocycles. The molecule has 53 heavy (non-hydrogen) atoms. The van der Waals surface area contributed by atoms with Crippen molar-refractivity contribution in [1.82, 2.24) is 0 Å². The Morgan fingerprint density at radius 2 is 1.49 bits per heavy atom. The third-order valence-corrected chi connectivity index (χ3v) is 16.2. The summed E-state index contributed by atoms with van der Waals surface area (Å²) in [6.45, 7) is 8.54.